The van der Waals surface area contributed by atoms with Gasteiger partial charge in [-0.15, -0.1) is 0 Å². The molecule has 0 aliphatic carbocycles. The van der Waals surface area contributed by atoms with Crippen LogP contribution in [0.15, 0.2) is 0 Å². The summed E-state index contributed by atoms with van der Waals surface area (Å²) in [6, 6.07) is -0.0753. The second-order valence-corrected chi connectivity index (χ2v) is 5.73. The van der Waals surface area contributed by atoms with Gasteiger partial charge in [-0.3, -0.25) is 9.69 Å². The number of carbonyl (C=O) groups excluding carboxylic acids is 1. The number of nitrogens with zero attached hydrogens (tertiary/aromatic N) is 1. The first kappa shape index (κ1) is 17.4. The maximum Gasteiger partial charge on any atom is 0.237 e. The van der Waals surface area contributed by atoms with Crippen molar-refractivity contribution in [1.82, 2.24) is 10.2 Å². The number of amides is 1. The molecule has 0 bridgehead atoms. The van der Waals surface area contributed by atoms with Gasteiger partial charge in [0.1, 0.15) is 0 Å². The van der Waals surface area contributed by atoms with E-state index in [0.717, 1.165) is 38.8 Å². The van der Waals surface area contributed by atoms with Crippen molar-refractivity contribution in [3.63, 3.8) is 0 Å². The van der Waals surface area contributed by atoms with E-state index in [2.05, 4.69) is 31.0 Å². The van der Waals surface area contributed by atoms with Crippen LogP contribution in [0.3, 0.4) is 0 Å². The maximum atomic E-state index is 12.1. The predicted octanol–water partition coefficient (Wildman–Crippen LogP) is 1.74. The minimum Gasteiger partial charge on any atom is -0.350 e. The van der Waals surface area contributed by atoms with E-state index in [9.17, 15) is 4.79 Å². The van der Waals surface area contributed by atoms with Gasteiger partial charge in [-0.2, -0.15) is 0 Å². The summed E-state index contributed by atoms with van der Waals surface area (Å²) in [7, 11) is 2.01. The van der Waals surface area contributed by atoms with E-state index in [1.165, 1.54) is 0 Å². The Morgan fingerprint density at radius 2 is 1.94 bits per heavy atom. The van der Waals surface area contributed by atoms with Crippen molar-refractivity contribution >= 4 is 5.91 Å². The molecule has 4 nitrogen and oxygen atoms in total. The van der Waals surface area contributed by atoms with Gasteiger partial charge in [0, 0.05) is 5.54 Å². The molecule has 0 aromatic rings. The first-order valence-corrected chi connectivity index (χ1v) is 7.06. The Kier molecular flexibility index (Phi) is 8.20. The number of likely N-dealkylation sites (N-methyl/N-ethyl adjacent to an activating group) is 1. The predicted molar refractivity (Wildman–Crippen MR) is 77.5 cm³/mol. The Balaban J connectivity index is 4.04. The Bertz CT molecular complexity index is 241. The highest BCUT2D eigenvalue weighted by Gasteiger charge is 2.23. The molecule has 0 radical (unpaired) electrons. The highest BCUT2D eigenvalue weighted by atomic mass is 16.2. The summed E-state index contributed by atoms with van der Waals surface area (Å²) in [6.07, 6.45) is 4.24. The van der Waals surface area contributed by atoms with E-state index >= 15 is 0 Å². The monoisotopic (exact) mass is 257 g/mol. The summed E-state index contributed by atoms with van der Waals surface area (Å²) < 4.78 is 0. The third-order valence-electron chi connectivity index (χ3n) is 3.60. The molecule has 108 valence electrons. The van der Waals surface area contributed by atoms with E-state index in [-0.39, 0.29) is 17.5 Å². The van der Waals surface area contributed by atoms with E-state index in [4.69, 9.17) is 5.73 Å². The zero-order chi connectivity index (χ0) is 14.2. The van der Waals surface area contributed by atoms with Gasteiger partial charge in [-0.25, -0.2) is 0 Å². The molecule has 1 atom stereocenters. The fourth-order valence-corrected chi connectivity index (χ4v) is 1.60. The van der Waals surface area contributed by atoms with Crippen LogP contribution < -0.4 is 11.1 Å². The van der Waals surface area contributed by atoms with Crippen LogP contribution in [0.2, 0.25) is 0 Å². The molecule has 0 fully saturated rings. The second-order valence-electron chi connectivity index (χ2n) is 5.73. The number of rotatable bonds is 9. The van der Waals surface area contributed by atoms with Crippen molar-refractivity contribution in [3.05, 3.63) is 0 Å². The zero-order valence-electron chi connectivity index (χ0n) is 12.8. The van der Waals surface area contributed by atoms with Gasteiger partial charge >= 0.3 is 0 Å². The van der Waals surface area contributed by atoms with Crippen LogP contribution >= 0.6 is 0 Å². The van der Waals surface area contributed by atoms with E-state index in [1.807, 2.05) is 14.0 Å². The van der Waals surface area contributed by atoms with Gasteiger partial charge in [0.15, 0.2) is 0 Å². The summed E-state index contributed by atoms with van der Waals surface area (Å²) in [5.41, 5.74) is 5.34. The number of hydrogen-bond donors (Lipinski definition) is 2. The third-order valence-corrected chi connectivity index (χ3v) is 3.60. The van der Waals surface area contributed by atoms with Gasteiger partial charge in [0.2, 0.25) is 5.91 Å². The van der Waals surface area contributed by atoms with Crippen molar-refractivity contribution in [2.24, 2.45) is 5.73 Å². The topological polar surface area (TPSA) is 58.4 Å². The van der Waals surface area contributed by atoms with Crippen molar-refractivity contribution in [1.29, 1.82) is 0 Å². The number of hydrogen-bond acceptors (Lipinski definition) is 3. The average molecular weight is 257 g/mol. The standard InChI is InChI=1S/C14H31N3O/c1-6-14(3,4)16-13(18)12(2)17(5)11-9-7-8-10-15/h12H,6-11,15H2,1-5H3,(H,16,18). The Labute approximate surface area is 112 Å². The van der Waals surface area contributed by atoms with Crippen LogP contribution in [0.25, 0.3) is 0 Å². The second kappa shape index (κ2) is 8.48. The van der Waals surface area contributed by atoms with E-state index in [1.54, 1.807) is 0 Å². The van der Waals surface area contributed by atoms with Crippen LogP contribution in [-0.4, -0.2) is 42.5 Å². The fourth-order valence-electron chi connectivity index (χ4n) is 1.60. The minimum atomic E-state index is -0.119. The highest BCUT2D eigenvalue weighted by Crippen LogP contribution is 2.09. The first-order valence-electron chi connectivity index (χ1n) is 7.06. The summed E-state index contributed by atoms with van der Waals surface area (Å²) in [6.45, 7) is 9.86. The Hall–Kier alpha value is -0.610. The molecule has 0 aromatic heterocycles. The Morgan fingerprint density at radius 3 is 2.44 bits per heavy atom. The lowest BCUT2D eigenvalue weighted by atomic mass is 10.0. The summed E-state index contributed by atoms with van der Waals surface area (Å²) >= 11 is 0. The molecule has 1 unspecified atom stereocenters. The van der Waals surface area contributed by atoms with E-state index < -0.39 is 0 Å². The van der Waals surface area contributed by atoms with Crippen molar-refractivity contribution in [2.75, 3.05) is 20.1 Å². The molecule has 1 amide bonds. The molecule has 18 heavy (non-hydrogen) atoms. The van der Waals surface area contributed by atoms with Crippen LogP contribution in [0.5, 0.6) is 0 Å². The third kappa shape index (κ3) is 6.97. The average Bonchev–Trinajstić information content (AvgIpc) is 2.32. The van der Waals surface area contributed by atoms with Crippen molar-refractivity contribution in [3.8, 4) is 0 Å². The summed E-state index contributed by atoms with van der Waals surface area (Å²) in [5.74, 6) is 0.114. The Morgan fingerprint density at radius 1 is 1.33 bits per heavy atom. The molecule has 0 aromatic carbocycles. The number of nitrogens with one attached hydrogen (secondary N) is 1. The SMILES string of the molecule is CCC(C)(C)NC(=O)C(C)N(C)CCCCCN. The number of unbranched alkanes of at least 4 members (excludes halogenated alkanes) is 2. The molecule has 3 N–H and O–H groups in total. The first-order chi connectivity index (χ1) is 8.34. The molecule has 0 aliphatic heterocycles. The van der Waals surface area contributed by atoms with Gasteiger partial charge in [-0.1, -0.05) is 13.3 Å². The molecular formula is C14H31N3O. The van der Waals surface area contributed by atoms with Crippen molar-refractivity contribution in [2.45, 2.75) is 65.0 Å². The minimum absolute atomic E-state index is 0.0753. The molecule has 0 spiro atoms. The lowest BCUT2D eigenvalue weighted by Gasteiger charge is -2.30. The summed E-state index contributed by atoms with van der Waals surface area (Å²) in [4.78, 5) is 14.2. The van der Waals surface area contributed by atoms with Crippen LogP contribution in [0.1, 0.15) is 53.4 Å². The molecule has 4 heteroatoms. The molecule has 0 aliphatic rings. The summed E-state index contributed by atoms with van der Waals surface area (Å²) in [5, 5.41) is 3.09. The van der Waals surface area contributed by atoms with Crippen LogP contribution in [0, 0.1) is 0 Å². The van der Waals surface area contributed by atoms with Crippen molar-refractivity contribution < 1.29 is 4.79 Å². The lowest BCUT2D eigenvalue weighted by Crippen LogP contribution is -2.51. The van der Waals surface area contributed by atoms with Gasteiger partial charge in [-0.05, 0) is 60.2 Å². The van der Waals surface area contributed by atoms with E-state index in [0.29, 0.717) is 0 Å². The van der Waals surface area contributed by atoms with Gasteiger partial charge in [0.25, 0.3) is 0 Å². The number of carbonyl (C=O) groups is 1. The fraction of sp³-hybridized carbons (Fsp3) is 0.929. The van der Waals surface area contributed by atoms with Gasteiger partial charge < -0.3 is 11.1 Å². The largest absolute Gasteiger partial charge is 0.350 e. The lowest BCUT2D eigenvalue weighted by molar-refractivity contribution is -0.127. The maximum absolute atomic E-state index is 12.1. The van der Waals surface area contributed by atoms with Crippen LogP contribution in [0.4, 0.5) is 0 Å². The highest BCUT2D eigenvalue weighted by molar-refractivity contribution is 5.81. The normalized spacial score (nSPS) is 13.7. The molecular weight excluding hydrogens is 226 g/mol. The quantitative estimate of drug-likeness (QED) is 0.619. The van der Waals surface area contributed by atoms with Crippen LogP contribution in [-0.2, 0) is 4.79 Å². The number of nitrogens with two attached hydrogens (primary N) is 1. The molecule has 0 heterocycles. The molecule has 0 saturated carbocycles. The zero-order valence-corrected chi connectivity index (χ0v) is 12.8. The molecule has 0 saturated heterocycles. The smallest absolute Gasteiger partial charge is 0.237 e. The van der Waals surface area contributed by atoms with Gasteiger partial charge in [0.05, 0.1) is 6.04 Å². The molecule has 0 rings (SSSR count).